The summed E-state index contributed by atoms with van der Waals surface area (Å²) < 4.78 is 26.9. The number of hydrogen-bond acceptors (Lipinski definition) is 5. The number of aromatic amines is 1. The maximum Gasteiger partial charge on any atom is 0.272 e. The largest absolute Gasteiger partial charge is 0.495 e. The van der Waals surface area contributed by atoms with Gasteiger partial charge in [0.25, 0.3) is 5.91 Å². The van der Waals surface area contributed by atoms with Gasteiger partial charge in [0.15, 0.2) is 11.5 Å². The van der Waals surface area contributed by atoms with E-state index in [0.29, 0.717) is 17.1 Å². The molecule has 31 heavy (non-hydrogen) atoms. The van der Waals surface area contributed by atoms with Crippen molar-refractivity contribution in [1.29, 1.82) is 0 Å². The van der Waals surface area contributed by atoms with Crippen LogP contribution in [0.15, 0.2) is 18.3 Å². The molecule has 3 aromatic rings. The van der Waals surface area contributed by atoms with Gasteiger partial charge in [0.2, 0.25) is 0 Å². The van der Waals surface area contributed by atoms with Crippen LogP contribution in [0.5, 0.6) is 5.75 Å². The lowest BCUT2D eigenvalue weighted by molar-refractivity contribution is 0.0683. The van der Waals surface area contributed by atoms with Crippen molar-refractivity contribution in [2.45, 2.75) is 38.3 Å². The van der Waals surface area contributed by atoms with E-state index in [2.05, 4.69) is 20.6 Å². The highest BCUT2D eigenvalue weighted by atomic mass is 35.5. The summed E-state index contributed by atoms with van der Waals surface area (Å²) in [5.74, 6) is -0.461. The Morgan fingerprint density at radius 2 is 2.23 bits per heavy atom. The second kappa shape index (κ2) is 7.97. The number of halogens is 2. The molecule has 0 saturated carbocycles. The molecule has 5 rings (SSSR count). The maximum absolute atomic E-state index is 14.6. The van der Waals surface area contributed by atoms with E-state index < -0.39 is 11.9 Å². The topological polar surface area (TPSA) is 94.1 Å². The summed E-state index contributed by atoms with van der Waals surface area (Å²) >= 11 is 6.36. The molecule has 0 fully saturated rings. The van der Waals surface area contributed by atoms with Crippen molar-refractivity contribution >= 4 is 17.5 Å². The molecular formula is C21H21ClFN5O3. The number of nitrogens with one attached hydrogen (secondary N) is 2. The van der Waals surface area contributed by atoms with Crippen LogP contribution in [0.1, 0.15) is 51.9 Å². The standard InChI is InChI=1S/C21H21ClFN5O3/c1-30-17-7-6-13(23)20(18(17)22)28-16-10-31-9-15(12(16)8-24-28)25-21(29)19-11-4-2-3-5-14(11)26-27-19/h6-8,15H,2-5,9-10H2,1H3,(H,25,29)(H,26,27)/t15-/m1/s1. The van der Waals surface area contributed by atoms with E-state index >= 15 is 0 Å². The van der Waals surface area contributed by atoms with Crippen LogP contribution < -0.4 is 10.1 Å². The van der Waals surface area contributed by atoms with E-state index in [4.69, 9.17) is 21.1 Å². The lowest BCUT2D eigenvalue weighted by Crippen LogP contribution is -2.35. The van der Waals surface area contributed by atoms with Crippen molar-refractivity contribution in [1.82, 2.24) is 25.3 Å². The number of methoxy groups -OCH3 is 1. The highest BCUT2D eigenvalue weighted by Gasteiger charge is 2.30. The number of benzene rings is 1. The molecule has 0 radical (unpaired) electrons. The van der Waals surface area contributed by atoms with Gasteiger partial charge >= 0.3 is 0 Å². The molecule has 2 N–H and O–H groups in total. The molecule has 10 heteroatoms. The number of rotatable bonds is 4. The van der Waals surface area contributed by atoms with E-state index in [0.717, 1.165) is 42.5 Å². The molecule has 0 saturated heterocycles. The fourth-order valence-corrected chi connectivity index (χ4v) is 4.58. The number of ether oxygens (including phenoxy) is 2. The number of fused-ring (bicyclic) bond motifs is 2. The predicted molar refractivity (Wildman–Crippen MR) is 110 cm³/mol. The number of H-pyrrole nitrogens is 1. The molecule has 1 atom stereocenters. The monoisotopic (exact) mass is 445 g/mol. The summed E-state index contributed by atoms with van der Waals surface area (Å²) in [4.78, 5) is 13.0. The molecule has 162 valence electrons. The lowest BCUT2D eigenvalue weighted by Gasteiger charge is -2.25. The number of nitrogens with zero attached hydrogens (tertiary/aromatic N) is 3. The third kappa shape index (κ3) is 3.37. The van der Waals surface area contributed by atoms with Crippen LogP contribution in [0.4, 0.5) is 4.39 Å². The summed E-state index contributed by atoms with van der Waals surface area (Å²) in [6.45, 7) is 0.498. The van der Waals surface area contributed by atoms with E-state index in [1.807, 2.05) is 0 Å². The Morgan fingerprint density at radius 1 is 1.39 bits per heavy atom. The first-order valence-electron chi connectivity index (χ1n) is 10.1. The van der Waals surface area contributed by atoms with Crippen LogP contribution in [0.2, 0.25) is 5.02 Å². The number of amides is 1. The molecular weight excluding hydrogens is 425 g/mol. The van der Waals surface area contributed by atoms with Gasteiger partial charge in [-0.05, 0) is 37.8 Å². The van der Waals surface area contributed by atoms with Crippen molar-refractivity contribution < 1.29 is 18.7 Å². The minimum absolute atomic E-state index is 0.0826. The third-order valence-corrected chi connectivity index (χ3v) is 6.21. The molecule has 1 aliphatic heterocycles. The van der Waals surface area contributed by atoms with Crippen LogP contribution >= 0.6 is 11.6 Å². The second-order valence-electron chi connectivity index (χ2n) is 7.65. The van der Waals surface area contributed by atoms with Gasteiger partial charge in [-0.25, -0.2) is 9.07 Å². The minimum Gasteiger partial charge on any atom is -0.495 e. The first kappa shape index (κ1) is 20.0. The molecule has 3 heterocycles. The smallest absolute Gasteiger partial charge is 0.272 e. The average molecular weight is 446 g/mol. The van der Waals surface area contributed by atoms with Gasteiger partial charge in [-0.2, -0.15) is 10.2 Å². The summed E-state index contributed by atoms with van der Waals surface area (Å²) in [5, 5.41) is 14.7. The molecule has 8 nitrogen and oxygen atoms in total. The van der Waals surface area contributed by atoms with E-state index in [9.17, 15) is 9.18 Å². The van der Waals surface area contributed by atoms with Gasteiger partial charge < -0.3 is 14.8 Å². The Labute approximate surface area is 182 Å². The first-order valence-corrected chi connectivity index (χ1v) is 10.5. The lowest BCUT2D eigenvalue weighted by atomic mass is 9.95. The number of hydrogen-bond donors (Lipinski definition) is 2. The highest BCUT2D eigenvalue weighted by Crippen LogP contribution is 2.35. The molecule has 1 amide bonds. The van der Waals surface area contributed by atoms with Crippen LogP contribution in [0.25, 0.3) is 5.69 Å². The Kier molecular flexibility index (Phi) is 5.15. The Morgan fingerprint density at radius 3 is 3.06 bits per heavy atom. The number of aryl methyl sites for hydroxylation is 1. The predicted octanol–water partition coefficient (Wildman–Crippen LogP) is 3.28. The van der Waals surface area contributed by atoms with Crippen molar-refractivity contribution in [3.8, 4) is 11.4 Å². The summed E-state index contributed by atoms with van der Waals surface area (Å²) in [6, 6.07) is 2.30. The van der Waals surface area contributed by atoms with Crippen LogP contribution in [0.3, 0.4) is 0 Å². The van der Waals surface area contributed by atoms with Crippen LogP contribution in [0, 0.1) is 5.82 Å². The molecule has 0 spiro atoms. The fraction of sp³-hybridized carbons (Fsp3) is 0.381. The number of carbonyl (C=O) groups is 1. The molecule has 2 aliphatic rings. The Bertz CT molecular complexity index is 1160. The molecule has 0 unspecified atom stereocenters. The van der Waals surface area contributed by atoms with Gasteiger partial charge in [0.1, 0.15) is 16.5 Å². The molecule has 1 aromatic carbocycles. The van der Waals surface area contributed by atoms with Gasteiger partial charge in [-0.3, -0.25) is 9.89 Å². The normalized spacial score (nSPS) is 17.7. The zero-order chi connectivity index (χ0) is 21.5. The van der Waals surface area contributed by atoms with E-state index in [1.54, 1.807) is 6.20 Å². The average Bonchev–Trinajstić information content (AvgIpc) is 3.39. The quantitative estimate of drug-likeness (QED) is 0.642. The van der Waals surface area contributed by atoms with E-state index in [1.165, 1.54) is 23.9 Å². The zero-order valence-electron chi connectivity index (χ0n) is 16.9. The number of aromatic nitrogens is 4. The summed E-state index contributed by atoms with van der Waals surface area (Å²) in [6.07, 6.45) is 5.50. The summed E-state index contributed by atoms with van der Waals surface area (Å²) in [5.41, 5.74) is 3.90. The van der Waals surface area contributed by atoms with Gasteiger partial charge in [-0.1, -0.05) is 11.6 Å². The zero-order valence-corrected chi connectivity index (χ0v) is 17.6. The third-order valence-electron chi connectivity index (χ3n) is 5.84. The van der Waals surface area contributed by atoms with Gasteiger partial charge in [-0.15, -0.1) is 0 Å². The van der Waals surface area contributed by atoms with Crippen LogP contribution in [-0.2, 0) is 24.2 Å². The second-order valence-corrected chi connectivity index (χ2v) is 8.03. The SMILES string of the molecule is COc1ccc(F)c(-n2ncc3c2COC[C@H]3NC(=O)c2n[nH]c3c2CCCC3)c1Cl. The van der Waals surface area contributed by atoms with Crippen molar-refractivity contribution in [3.05, 3.63) is 57.4 Å². The van der Waals surface area contributed by atoms with Gasteiger partial charge in [0, 0.05) is 16.8 Å². The minimum atomic E-state index is -0.536. The number of carbonyl (C=O) groups excluding carboxylic acids is 1. The van der Waals surface area contributed by atoms with Crippen molar-refractivity contribution in [2.24, 2.45) is 0 Å². The summed E-state index contributed by atoms with van der Waals surface area (Å²) in [7, 11) is 1.46. The highest BCUT2D eigenvalue weighted by molar-refractivity contribution is 6.33. The van der Waals surface area contributed by atoms with E-state index in [-0.39, 0.29) is 29.8 Å². The fourth-order valence-electron chi connectivity index (χ4n) is 4.27. The molecule has 1 aliphatic carbocycles. The van der Waals surface area contributed by atoms with Crippen molar-refractivity contribution in [3.63, 3.8) is 0 Å². The Balaban J connectivity index is 1.46. The van der Waals surface area contributed by atoms with Crippen LogP contribution in [-0.4, -0.2) is 39.6 Å². The molecule has 2 aromatic heterocycles. The Hall–Kier alpha value is -2.91. The van der Waals surface area contributed by atoms with Gasteiger partial charge in [0.05, 0.1) is 38.3 Å². The van der Waals surface area contributed by atoms with Crippen molar-refractivity contribution in [2.75, 3.05) is 13.7 Å². The first-order chi connectivity index (χ1) is 15.1. The molecule has 0 bridgehead atoms. The maximum atomic E-state index is 14.6.